The van der Waals surface area contributed by atoms with Gasteiger partial charge in [-0.1, -0.05) is 13.8 Å². The Balaban J connectivity index is 1.74. The Hall–Kier alpha value is -2.38. The highest BCUT2D eigenvalue weighted by Crippen LogP contribution is 2.34. The summed E-state index contributed by atoms with van der Waals surface area (Å²) in [4.78, 5) is 40.2. The predicted octanol–water partition coefficient (Wildman–Crippen LogP) is 0.592. The highest BCUT2D eigenvalue weighted by atomic mass is 16.2. The number of nitrogens with zero attached hydrogens (tertiary/aromatic N) is 3. The maximum absolute atomic E-state index is 12.4. The van der Waals surface area contributed by atoms with E-state index in [-0.39, 0.29) is 23.8 Å². The zero-order valence-electron chi connectivity index (χ0n) is 13.3. The average Bonchev–Trinajstić information content (AvgIpc) is 3.12. The van der Waals surface area contributed by atoms with Gasteiger partial charge in [-0.2, -0.15) is 5.10 Å². The number of rotatable bonds is 3. The fraction of sp³-hybridized carbons (Fsp3) is 0.600. The Bertz CT molecular complexity index is 617. The largest absolute Gasteiger partial charge is 0.338 e. The molecule has 0 aromatic carbocycles. The third-order valence-corrected chi connectivity index (χ3v) is 4.58. The molecule has 0 bridgehead atoms. The van der Waals surface area contributed by atoms with Crippen LogP contribution in [0.3, 0.4) is 0 Å². The summed E-state index contributed by atoms with van der Waals surface area (Å²) in [6.07, 6.45) is 3.97. The van der Waals surface area contributed by atoms with Crippen molar-refractivity contribution in [3.05, 3.63) is 18.0 Å². The third kappa shape index (κ3) is 2.58. The quantitative estimate of drug-likeness (QED) is 0.797. The second-order valence-electron chi connectivity index (χ2n) is 6.57. The van der Waals surface area contributed by atoms with Crippen molar-refractivity contribution in [2.45, 2.75) is 32.2 Å². The SMILES string of the molecule is CC(C)CN1C(=O)NC(=O)C12CCN(C(=O)c1cn[nH]c1)CC2. The molecule has 8 nitrogen and oxygen atoms in total. The van der Waals surface area contributed by atoms with Gasteiger partial charge in [-0.25, -0.2) is 4.79 Å². The maximum Gasteiger partial charge on any atom is 0.325 e. The van der Waals surface area contributed by atoms with Crippen LogP contribution in [-0.4, -0.2) is 63.0 Å². The molecule has 2 aliphatic rings. The van der Waals surface area contributed by atoms with Gasteiger partial charge in [-0.15, -0.1) is 0 Å². The van der Waals surface area contributed by atoms with Crippen LogP contribution >= 0.6 is 0 Å². The molecular formula is C15H21N5O3. The number of hydrogen-bond donors (Lipinski definition) is 2. The molecule has 0 saturated carbocycles. The summed E-state index contributed by atoms with van der Waals surface area (Å²) in [5, 5.41) is 8.85. The Labute approximate surface area is 134 Å². The summed E-state index contributed by atoms with van der Waals surface area (Å²) in [7, 11) is 0. The number of amides is 4. The summed E-state index contributed by atoms with van der Waals surface area (Å²) < 4.78 is 0. The molecule has 0 radical (unpaired) electrons. The fourth-order valence-corrected chi connectivity index (χ4v) is 3.35. The van der Waals surface area contributed by atoms with Gasteiger partial charge in [0.1, 0.15) is 5.54 Å². The summed E-state index contributed by atoms with van der Waals surface area (Å²) in [6.45, 7) is 5.45. The van der Waals surface area contributed by atoms with Crippen LogP contribution in [0.15, 0.2) is 12.4 Å². The molecule has 4 amide bonds. The first-order valence-corrected chi connectivity index (χ1v) is 7.85. The molecule has 2 N–H and O–H groups in total. The van der Waals surface area contributed by atoms with E-state index in [1.54, 1.807) is 16.0 Å². The number of carbonyl (C=O) groups excluding carboxylic acids is 3. The van der Waals surface area contributed by atoms with Gasteiger partial charge in [-0.05, 0) is 18.8 Å². The van der Waals surface area contributed by atoms with Crippen LogP contribution in [0.5, 0.6) is 0 Å². The lowest BCUT2D eigenvalue weighted by molar-refractivity contribution is -0.129. The number of carbonyl (C=O) groups is 3. The van der Waals surface area contributed by atoms with Crippen molar-refractivity contribution in [2.75, 3.05) is 19.6 Å². The number of urea groups is 1. The molecule has 2 saturated heterocycles. The van der Waals surface area contributed by atoms with Crippen molar-refractivity contribution in [1.29, 1.82) is 0 Å². The summed E-state index contributed by atoms with van der Waals surface area (Å²) in [5.74, 6) is -0.0681. The van der Waals surface area contributed by atoms with Crippen molar-refractivity contribution in [2.24, 2.45) is 5.92 Å². The van der Waals surface area contributed by atoms with Gasteiger partial charge in [0.25, 0.3) is 11.8 Å². The van der Waals surface area contributed by atoms with Gasteiger partial charge in [0.15, 0.2) is 0 Å². The van der Waals surface area contributed by atoms with E-state index in [9.17, 15) is 14.4 Å². The van der Waals surface area contributed by atoms with Crippen molar-refractivity contribution in [1.82, 2.24) is 25.3 Å². The van der Waals surface area contributed by atoms with Gasteiger partial charge >= 0.3 is 6.03 Å². The van der Waals surface area contributed by atoms with Crippen molar-refractivity contribution in [3.8, 4) is 0 Å². The molecule has 8 heteroatoms. The highest BCUT2D eigenvalue weighted by molar-refractivity contribution is 6.07. The maximum atomic E-state index is 12.4. The summed E-state index contributed by atoms with van der Waals surface area (Å²) >= 11 is 0. The number of aromatic amines is 1. The van der Waals surface area contributed by atoms with E-state index in [1.165, 1.54) is 6.20 Å². The number of aromatic nitrogens is 2. The predicted molar refractivity (Wildman–Crippen MR) is 81.5 cm³/mol. The molecule has 2 fully saturated rings. The minimum atomic E-state index is -0.811. The van der Waals surface area contributed by atoms with Crippen LogP contribution < -0.4 is 5.32 Å². The lowest BCUT2D eigenvalue weighted by Crippen LogP contribution is -2.57. The van der Waals surface area contributed by atoms with Gasteiger partial charge < -0.3 is 9.80 Å². The molecule has 2 aliphatic heterocycles. The monoisotopic (exact) mass is 319 g/mol. The molecule has 1 aromatic heterocycles. The van der Waals surface area contributed by atoms with Gasteiger partial charge in [0.05, 0.1) is 11.8 Å². The lowest BCUT2D eigenvalue weighted by Gasteiger charge is -2.42. The number of piperidine rings is 1. The Morgan fingerprint density at radius 3 is 2.61 bits per heavy atom. The molecule has 3 rings (SSSR count). The normalized spacial score (nSPS) is 20.5. The van der Waals surface area contributed by atoms with Crippen molar-refractivity contribution >= 4 is 17.8 Å². The first-order valence-electron chi connectivity index (χ1n) is 7.85. The highest BCUT2D eigenvalue weighted by Gasteiger charge is 2.54. The minimum Gasteiger partial charge on any atom is -0.338 e. The zero-order valence-corrected chi connectivity index (χ0v) is 13.3. The number of imide groups is 1. The van der Waals surface area contributed by atoms with E-state index < -0.39 is 5.54 Å². The molecule has 23 heavy (non-hydrogen) atoms. The molecule has 3 heterocycles. The Morgan fingerprint density at radius 1 is 1.35 bits per heavy atom. The second-order valence-corrected chi connectivity index (χ2v) is 6.57. The zero-order chi connectivity index (χ0) is 16.6. The standard InChI is InChI=1S/C15H21N5O3/c1-10(2)9-20-14(23)18-13(22)15(20)3-5-19(6-4-15)12(21)11-7-16-17-8-11/h7-8,10H,3-6,9H2,1-2H3,(H,16,17)(H,18,22,23). The van der Waals surface area contributed by atoms with Gasteiger partial charge in [-0.3, -0.25) is 20.0 Å². The van der Waals surface area contributed by atoms with Crippen LogP contribution in [0.4, 0.5) is 4.79 Å². The molecule has 0 aliphatic carbocycles. The summed E-state index contributed by atoms with van der Waals surface area (Å²) in [5.41, 5.74) is -0.305. The van der Waals surface area contributed by atoms with Crippen LogP contribution in [0.2, 0.25) is 0 Å². The Kier molecular flexibility index (Phi) is 3.83. The van der Waals surface area contributed by atoms with Crippen LogP contribution in [-0.2, 0) is 4.79 Å². The molecular weight excluding hydrogens is 298 g/mol. The summed E-state index contributed by atoms with van der Waals surface area (Å²) in [6, 6.07) is -0.321. The van der Waals surface area contributed by atoms with E-state index in [0.717, 1.165) is 0 Å². The van der Waals surface area contributed by atoms with E-state index in [4.69, 9.17) is 0 Å². The van der Waals surface area contributed by atoms with E-state index >= 15 is 0 Å². The van der Waals surface area contributed by atoms with Crippen molar-refractivity contribution < 1.29 is 14.4 Å². The molecule has 0 unspecified atom stereocenters. The van der Waals surface area contributed by atoms with E-state index in [1.807, 2.05) is 13.8 Å². The van der Waals surface area contributed by atoms with E-state index in [0.29, 0.717) is 38.0 Å². The third-order valence-electron chi connectivity index (χ3n) is 4.58. The molecule has 0 atom stereocenters. The van der Waals surface area contributed by atoms with Crippen molar-refractivity contribution in [3.63, 3.8) is 0 Å². The number of hydrogen-bond acceptors (Lipinski definition) is 4. The first-order chi connectivity index (χ1) is 10.9. The molecule has 1 spiro atoms. The second kappa shape index (κ2) is 5.68. The first kappa shape index (κ1) is 15.5. The Morgan fingerprint density at radius 2 is 2.04 bits per heavy atom. The van der Waals surface area contributed by atoms with Crippen LogP contribution in [0.25, 0.3) is 0 Å². The topological polar surface area (TPSA) is 98.4 Å². The molecule has 1 aromatic rings. The van der Waals surface area contributed by atoms with Gasteiger partial charge in [0, 0.05) is 25.8 Å². The smallest absolute Gasteiger partial charge is 0.325 e. The minimum absolute atomic E-state index is 0.103. The van der Waals surface area contributed by atoms with Crippen LogP contribution in [0.1, 0.15) is 37.0 Å². The number of H-pyrrole nitrogens is 1. The number of likely N-dealkylation sites (tertiary alicyclic amines) is 1. The molecule has 124 valence electrons. The van der Waals surface area contributed by atoms with Gasteiger partial charge in [0.2, 0.25) is 0 Å². The number of nitrogens with one attached hydrogen (secondary N) is 2. The van der Waals surface area contributed by atoms with E-state index in [2.05, 4.69) is 15.5 Å². The lowest BCUT2D eigenvalue weighted by atomic mass is 9.85. The average molecular weight is 319 g/mol. The van der Waals surface area contributed by atoms with Crippen LogP contribution in [0, 0.1) is 5.92 Å². The fourth-order valence-electron chi connectivity index (χ4n) is 3.35.